The fourth-order valence-corrected chi connectivity index (χ4v) is 2.15. The predicted octanol–water partition coefficient (Wildman–Crippen LogP) is 2.81. The summed E-state index contributed by atoms with van der Waals surface area (Å²) in [5.41, 5.74) is 2.25. The molecule has 1 amide bonds. The van der Waals surface area contributed by atoms with Crippen molar-refractivity contribution in [1.29, 1.82) is 0 Å². The molecule has 0 saturated carbocycles. The summed E-state index contributed by atoms with van der Waals surface area (Å²) in [7, 11) is 1.64. The second-order valence-electron chi connectivity index (χ2n) is 4.66. The van der Waals surface area contributed by atoms with Crippen molar-refractivity contribution in [3.63, 3.8) is 0 Å². The highest BCUT2D eigenvalue weighted by molar-refractivity contribution is 6.04. The first kappa shape index (κ1) is 13.5. The molecule has 0 radical (unpaired) electrons. The maximum Gasteiger partial charge on any atom is 0.255 e. The number of rotatable bonds is 4. The summed E-state index contributed by atoms with van der Waals surface area (Å²) in [6.45, 7) is 0.702. The molecule has 0 aromatic heterocycles. The first-order valence-corrected chi connectivity index (χ1v) is 6.55. The van der Waals surface area contributed by atoms with Crippen LogP contribution in [0.1, 0.15) is 15.9 Å². The van der Waals surface area contributed by atoms with E-state index in [0.717, 1.165) is 11.3 Å². The fourth-order valence-electron chi connectivity index (χ4n) is 2.15. The van der Waals surface area contributed by atoms with Crippen molar-refractivity contribution in [2.75, 3.05) is 19.2 Å². The number of benzene rings is 2. The Morgan fingerprint density at radius 3 is 2.90 bits per heavy atom. The van der Waals surface area contributed by atoms with Crippen molar-refractivity contribution < 1.29 is 19.0 Å². The lowest BCUT2D eigenvalue weighted by Crippen LogP contribution is -2.11. The monoisotopic (exact) mass is 285 g/mol. The Morgan fingerprint density at radius 2 is 2.05 bits per heavy atom. The molecule has 108 valence electrons. The number of nitrogens with one attached hydrogen (secondary N) is 1. The van der Waals surface area contributed by atoms with E-state index in [1.807, 2.05) is 24.3 Å². The minimum Gasteiger partial charge on any atom is -0.454 e. The molecule has 1 N–H and O–H groups in total. The highest BCUT2D eigenvalue weighted by Gasteiger charge is 2.16. The molecule has 2 aromatic carbocycles. The minimum atomic E-state index is -0.192. The Labute approximate surface area is 122 Å². The minimum absolute atomic E-state index is 0.192. The number of ether oxygens (including phenoxy) is 3. The van der Waals surface area contributed by atoms with E-state index < -0.39 is 0 Å². The molecule has 0 saturated heterocycles. The highest BCUT2D eigenvalue weighted by atomic mass is 16.7. The van der Waals surface area contributed by atoms with Crippen molar-refractivity contribution in [1.82, 2.24) is 0 Å². The molecule has 5 heteroatoms. The molecule has 21 heavy (non-hydrogen) atoms. The molecule has 0 spiro atoms. The number of anilines is 1. The molecule has 1 heterocycles. The van der Waals surface area contributed by atoms with Crippen LogP contribution in [-0.2, 0) is 11.3 Å². The molecule has 0 atom stereocenters. The number of amides is 1. The van der Waals surface area contributed by atoms with E-state index in [1.54, 1.807) is 25.3 Å². The second kappa shape index (κ2) is 5.85. The van der Waals surface area contributed by atoms with Gasteiger partial charge in [-0.3, -0.25) is 4.79 Å². The van der Waals surface area contributed by atoms with E-state index in [2.05, 4.69) is 5.32 Å². The molecule has 2 aromatic rings. The third-order valence-corrected chi connectivity index (χ3v) is 3.13. The van der Waals surface area contributed by atoms with Crippen LogP contribution in [-0.4, -0.2) is 19.8 Å². The van der Waals surface area contributed by atoms with Crippen molar-refractivity contribution in [3.8, 4) is 11.5 Å². The molecule has 1 aliphatic heterocycles. The smallest absolute Gasteiger partial charge is 0.255 e. The van der Waals surface area contributed by atoms with Gasteiger partial charge in [0.2, 0.25) is 6.79 Å². The van der Waals surface area contributed by atoms with Crippen LogP contribution in [0, 0.1) is 0 Å². The van der Waals surface area contributed by atoms with Crippen LogP contribution in [0.25, 0.3) is 0 Å². The lowest BCUT2D eigenvalue weighted by atomic mass is 10.1. The Balaban J connectivity index is 1.75. The molecule has 0 bridgehead atoms. The lowest BCUT2D eigenvalue weighted by Gasteiger charge is -2.08. The second-order valence-corrected chi connectivity index (χ2v) is 4.66. The zero-order valence-electron chi connectivity index (χ0n) is 11.6. The maximum absolute atomic E-state index is 12.2. The summed E-state index contributed by atoms with van der Waals surface area (Å²) in [6, 6.07) is 12.7. The predicted molar refractivity (Wildman–Crippen MR) is 77.7 cm³/mol. The Morgan fingerprint density at radius 1 is 1.19 bits per heavy atom. The molecular formula is C16H15NO4. The maximum atomic E-state index is 12.2. The highest BCUT2D eigenvalue weighted by Crippen LogP contribution is 2.32. The Kier molecular flexibility index (Phi) is 3.75. The summed E-state index contributed by atoms with van der Waals surface area (Å²) in [4.78, 5) is 12.2. The van der Waals surface area contributed by atoms with Gasteiger partial charge < -0.3 is 19.5 Å². The SMILES string of the molecule is COCc1cccc(NC(=O)c2ccc3c(c2)OCO3)c1. The molecule has 0 fully saturated rings. The van der Waals surface area contributed by atoms with E-state index in [4.69, 9.17) is 14.2 Å². The zero-order chi connectivity index (χ0) is 14.7. The Bertz CT molecular complexity index is 669. The summed E-state index contributed by atoms with van der Waals surface area (Å²) in [6.07, 6.45) is 0. The van der Waals surface area contributed by atoms with Gasteiger partial charge in [-0.2, -0.15) is 0 Å². The van der Waals surface area contributed by atoms with Crippen LogP contribution >= 0.6 is 0 Å². The van der Waals surface area contributed by atoms with Crippen molar-refractivity contribution >= 4 is 11.6 Å². The number of methoxy groups -OCH3 is 1. The van der Waals surface area contributed by atoms with Gasteiger partial charge in [0.15, 0.2) is 11.5 Å². The lowest BCUT2D eigenvalue weighted by molar-refractivity contribution is 0.102. The zero-order valence-corrected chi connectivity index (χ0v) is 11.6. The van der Waals surface area contributed by atoms with Gasteiger partial charge in [0, 0.05) is 18.4 Å². The molecule has 0 aliphatic carbocycles. The molecule has 5 nitrogen and oxygen atoms in total. The van der Waals surface area contributed by atoms with Gasteiger partial charge >= 0.3 is 0 Å². The molecule has 1 aliphatic rings. The van der Waals surface area contributed by atoms with Crippen LogP contribution in [0.3, 0.4) is 0 Å². The van der Waals surface area contributed by atoms with E-state index in [-0.39, 0.29) is 12.7 Å². The van der Waals surface area contributed by atoms with Gasteiger partial charge in [0.05, 0.1) is 6.61 Å². The van der Waals surface area contributed by atoms with Gasteiger partial charge in [-0.1, -0.05) is 12.1 Å². The van der Waals surface area contributed by atoms with Crippen molar-refractivity contribution in [3.05, 3.63) is 53.6 Å². The van der Waals surface area contributed by atoms with Gasteiger partial charge in [-0.25, -0.2) is 0 Å². The Hall–Kier alpha value is -2.53. The molecular weight excluding hydrogens is 270 g/mol. The van der Waals surface area contributed by atoms with Crippen LogP contribution in [0.5, 0.6) is 11.5 Å². The summed E-state index contributed by atoms with van der Waals surface area (Å²) in [5, 5.41) is 2.86. The van der Waals surface area contributed by atoms with Crippen molar-refractivity contribution in [2.45, 2.75) is 6.61 Å². The summed E-state index contributed by atoms with van der Waals surface area (Å²) >= 11 is 0. The van der Waals surface area contributed by atoms with Crippen molar-refractivity contribution in [2.24, 2.45) is 0 Å². The average Bonchev–Trinajstić information content (AvgIpc) is 2.95. The largest absolute Gasteiger partial charge is 0.454 e. The summed E-state index contributed by atoms with van der Waals surface area (Å²) < 4.78 is 15.6. The van der Waals surface area contributed by atoms with E-state index >= 15 is 0 Å². The first-order valence-electron chi connectivity index (χ1n) is 6.55. The van der Waals surface area contributed by atoms with Gasteiger partial charge in [-0.15, -0.1) is 0 Å². The first-order chi connectivity index (χ1) is 10.3. The topological polar surface area (TPSA) is 56.8 Å². The fraction of sp³-hybridized carbons (Fsp3) is 0.188. The standard InChI is InChI=1S/C16H15NO4/c1-19-9-11-3-2-4-13(7-11)17-16(18)12-5-6-14-15(8-12)21-10-20-14/h2-8H,9-10H2,1H3,(H,17,18). The number of carbonyl (C=O) groups is 1. The summed E-state index contributed by atoms with van der Waals surface area (Å²) in [5.74, 6) is 1.06. The van der Waals surface area contributed by atoms with Gasteiger partial charge in [-0.05, 0) is 35.9 Å². The van der Waals surface area contributed by atoms with E-state index in [0.29, 0.717) is 23.7 Å². The number of fused-ring (bicyclic) bond motifs is 1. The van der Waals surface area contributed by atoms with Gasteiger partial charge in [0.1, 0.15) is 0 Å². The normalized spacial score (nSPS) is 12.2. The third-order valence-electron chi connectivity index (χ3n) is 3.13. The molecule has 3 rings (SSSR count). The number of hydrogen-bond acceptors (Lipinski definition) is 4. The van der Waals surface area contributed by atoms with E-state index in [9.17, 15) is 4.79 Å². The van der Waals surface area contributed by atoms with Crippen LogP contribution in [0.2, 0.25) is 0 Å². The van der Waals surface area contributed by atoms with Crippen LogP contribution in [0.4, 0.5) is 5.69 Å². The van der Waals surface area contributed by atoms with Crippen LogP contribution in [0.15, 0.2) is 42.5 Å². The average molecular weight is 285 g/mol. The number of carbonyl (C=O) groups excluding carboxylic acids is 1. The third kappa shape index (κ3) is 2.98. The van der Waals surface area contributed by atoms with E-state index in [1.165, 1.54) is 0 Å². The number of hydrogen-bond donors (Lipinski definition) is 1. The van der Waals surface area contributed by atoms with Crippen LogP contribution < -0.4 is 14.8 Å². The molecule has 0 unspecified atom stereocenters. The van der Waals surface area contributed by atoms with Gasteiger partial charge in [0.25, 0.3) is 5.91 Å². The quantitative estimate of drug-likeness (QED) is 0.938.